The third-order valence-electron chi connectivity index (χ3n) is 4.78. The quantitative estimate of drug-likeness (QED) is 0.711. The van der Waals surface area contributed by atoms with E-state index in [1.54, 1.807) is 0 Å². The Kier molecular flexibility index (Phi) is 4.47. The molecular formula is C14H24N2S2. The largest absolute Gasteiger partial charge is 0.341 e. The summed E-state index contributed by atoms with van der Waals surface area (Å²) in [6, 6.07) is 1.58. The van der Waals surface area contributed by atoms with Gasteiger partial charge in [-0.05, 0) is 25.7 Å². The first-order valence-corrected chi connectivity index (χ1v) is 8.91. The van der Waals surface area contributed by atoms with Gasteiger partial charge in [0.25, 0.3) is 0 Å². The Labute approximate surface area is 120 Å². The highest BCUT2D eigenvalue weighted by molar-refractivity contribution is 8.22. The van der Waals surface area contributed by atoms with E-state index in [1.807, 2.05) is 11.8 Å². The van der Waals surface area contributed by atoms with Gasteiger partial charge in [-0.1, -0.05) is 56.1 Å². The molecule has 1 heterocycles. The lowest BCUT2D eigenvalue weighted by molar-refractivity contribution is 0.109. The van der Waals surface area contributed by atoms with Crippen LogP contribution in [0, 0.1) is 0 Å². The molecule has 0 amide bonds. The van der Waals surface area contributed by atoms with Gasteiger partial charge in [0.05, 0.1) is 12.5 Å². The predicted molar refractivity (Wildman–Crippen MR) is 82.7 cm³/mol. The molecule has 2 nitrogen and oxygen atoms in total. The topological polar surface area (TPSA) is 6.48 Å². The number of hydrogen-bond donors (Lipinski definition) is 0. The van der Waals surface area contributed by atoms with Gasteiger partial charge >= 0.3 is 0 Å². The van der Waals surface area contributed by atoms with E-state index in [9.17, 15) is 0 Å². The lowest BCUT2D eigenvalue weighted by Gasteiger charge is -2.44. The van der Waals surface area contributed by atoms with Crippen LogP contribution in [0.4, 0.5) is 0 Å². The number of rotatable bonds is 2. The first-order valence-electron chi connectivity index (χ1n) is 7.52. The van der Waals surface area contributed by atoms with Crippen molar-refractivity contribution in [2.75, 3.05) is 12.5 Å². The maximum Gasteiger partial charge on any atom is 0.138 e. The average Bonchev–Trinajstić information content (AvgIpc) is 2.94. The summed E-state index contributed by atoms with van der Waals surface area (Å²) in [6.45, 7) is 1.11. The lowest BCUT2D eigenvalue weighted by Crippen LogP contribution is -2.52. The molecule has 102 valence electrons. The van der Waals surface area contributed by atoms with E-state index in [1.165, 1.54) is 57.8 Å². The second-order valence-electron chi connectivity index (χ2n) is 5.97. The van der Waals surface area contributed by atoms with Crippen LogP contribution in [-0.2, 0) is 0 Å². The molecule has 0 aromatic carbocycles. The highest BCUT2D eigenvalue weighted by Crippen LogP contribution is 2.32. The number of nitrogens with zero attached hydrogens (tertiary/aromatic N) is 2. The van der Waals surface area contributed by atoms with Gasteiger partial charge in [-0.25, -0.2) is 0 Å². The number of thioether (sulfide) groups is 1. The fourth-order valence-corrected chi connectivity index (χ4v) is 4.97. The van der Waals surface area contributed by atoms with Gasteiger partial charge in [-0.2, -0.15) is 0 Å². The SMILES string of the molecule is S=C1SCN(C2CCCCC2)CN1C1CCCC1. The minimum Gasteiger partial charge on any atom is -0.341 e. The summed E-state index contributed by atoms with van der Waals surface area (Å²) in [5.74, 6) is 1.13. The van der Waals surface area contributed by atoms with E-state index < -0.39 is 0 Å². The first kappa shape index (κ1) is 13.2. The molecule has 4 heteroatoms. The van der Waals surface area contributed by atoms with Crippen molar-refractivity contribution < 1.29 is 0 Å². The highest BCUT2D eigenvalue weighted by Gasteiger charge is 2.32. The second kappa shape index (κ2) is 6.10. The van der Waals surface area contributed by atoms with Crippen molar-refractivity contribution >= 4 is 28.3 Å². The molecule has 0 radical (unpaired) electrons. The van der Waals surface area contributed by atoms with E-state index in [2.05, 4.69) is 9.80 Å². The van der Waals surface area contributed by atoms with Crippen molar-refractivity contribution in [3.8, 4) is 0 Å². The van der Waals surface area contributed by atoms with Gasteiger partial charge in [0.15, 0.2) is 0 Å². The Morgan fingerprint density at radius 3 is 2.22 bits per heavy atom. The zero-order valence-corrected chi connectivity index (χ0v) is 12.8. The van der Waals surface area contributed by atoms with Crippen LogP contribution in [0.3, 0.4) is 0 Å². The van der Waals surface area contributed by atoms with Crippen molar-refractivity contribution in [2.24, 2.45) is 0 Å². The molecule has 0 aromatic heterocycles. The second-order valence-corrected chi connectivity index (χ2v) is 7.55. The third kappa shape index (κ3) is 2.86. The normalized spacial score (nSPS) is 29.1. The van der Waals surface area contributed by atoms with Gasteiger partial charge in [0.1, 0.15) is 4.32 Å². The van der Waals surface area contributed by atoms with Crippen molar-refractivity contribution in [2.45, 2.75) is 69.9 Å². The smallest absolute Gasteiger partial charge is 0.138 e. The monoisotopic (exact) mass is 284 g/mol. The minimum absolute atomic E-state index is 0.747. The number of thiocarbonyl (C=S) groups is 1. The highest BCUT2D eigenvalue weighted by atomic mass is 32.2. The molecule has 0 atom stereocenters. The van der Waals surface area contributed by atoms with E-state index in [4.69, 9.17) is 12.2 Å². The maximum absolute atomic E-state index is 5.58. The minimum atomic E-state index is 0.747. The summed E-state index contributed by atoms with van der Waals surface area (Å²) in [6.07, 6.45) is 12.6. The molecule has 3 rings (SSSR count). The fourth-order valence-electron chi connectivity index (χ4n) is 3.66. The molecule has 1 aliphatic heterocycles. The van der Waals surface area contributed by atoms with E-state index in [-0.39, 0.29) is 0 Å². The molecular weight excluding hydrogens is 260 g/mol. The van der Waals surface area contributed by atoms with Crippen LogP contribution in [0.2, 0.25) is 0 Å². The van der Waals surface area contributed by atoms with E-state index >= 15 is 0 Å². The molecule has 2 saturated carbocycles. The van der Waals surface area contributed by atoms with Gasteiger partial charge in [0, 0.05) is 12.1 Å². The molecule has 0 aromatic rings. The summed E-state index contributed by atoms with van der Waals surface area (Å²) in [4.78, 5) is 5.23. The van der Waals surface area contributed by atoms with Crippen LogP contribution < -0.4 is 0 Å². The molecule has 2 aliphatic carbocycles. The van der Waals surface area contributed by atoms with Crippen molar-refractivity contribution in [1.29, 1.82) is 0 Å². The van der Waals surface area contributed by atoms with Crippen molar-refractivity contribution in [1.82, 2.24) is 9.80 Å². The molecule has 0 unspecified atom stereocenters. The Hall–Kier alpha value is 0.200. The molecule has 3 fully saturated rings. The summed E-state index contributed by atoms with van der Waals surface area (Å²) in [7, 11) is 0. The fraction of sp³-hybridized carbons (Fsp3) is 0.929. The molecule has 0 N–H and O–H groups in total. The van der Waals surface area contributed by atoms with Crippen LogP contribution in [-0.4, -0.2) is 38.7 Å². The summed E-state index contributed by atoms with van der Waals surface area (Å²) >= 11 is 7.48. The van der Waals surface area contributed by atoms with Crippen molar-refractivity contribution in [3.63, 3.8) is 0 Å². The molecule has 0 bridgehead atoms. The van der Waals surface area contributed by atoms with Gasteiger partial charge in [-0.3, -0.25) is 4.90 Å². The zero-order valence-electron chi connectivity index (χ0n) is 11.1. The summed E-state index contributed by atoms with van der Waals surface area (Å²) < 4.78 is 1.16. The first-order chi connectivity index (χ1) is 8.84. The molecule has 3 aliphatic rings. The Balaban J connectivity index is 1.61. The standard InChI is InChI=1S/C14H24N2S2/c17-14-16(13-8-4-5-9-13)10-15(11-18-14)12-6-2-1-3-7-12/h12-13H,1-11H2. The van der Waals surface area contributed by atoms with Crippen LogP contribution in [0.15, 0.2) is 0 Å². The Morgan fingerprint density at radius 2 is 1.50 bits per heavy atom. The zero-order chi connectivity index (χ0) is 12.4. The Bertz CT molecular complexity index is 296. The van der Waals surface area contributed by atoms with Crippen LogP contribution >= 0.6 is 24.0 Å². The summed E-state index contributed by atoms with van der Waals surface area (Å²) in [5.41, 5.74) is 0. The van der Waals surface area contributed by atoms with Crippen LogP contribution in [0.5, 0.6) is 0 Å². The Morgan fingerprint density at radius 1 is 0.889 bits per heavy atom. The third-order valence-corrected chi connectivity index (χ3v) is 6.31. The van der Waals surface area contributed by atoms with Gasteiger partial charge in [0.2, 0.25) is 0 Å². The lowest BCUT2D eigenvalue weighted by atomic mass is 9.95. The van der Waals surface area contributed by atoms with Crippen molar-refractivity contribution in [3.05, 3.63) is 0 Å². The van der Waals surface area contributed by atoms with Gasteiger partial charge < -0.3 is 4.90 Å². The van der Waals surface area contributed by atoms with E-state index in [0.717, 1.165) is 28.9 Å². The summed E-state index contributed by atoms with van der Waals surface area (Å²) in [5, 5.41) is 0. The average molecular weight is 284 g/mol. The molecule has 18 heavy (non-hydrogen) atoms. The van der Waals surface area contributed by atoms with E-state index in [0.29, 0.717) is 0 Å². The van der Waals surface area contributed by atoms with Gasteiger partial charge in [-0.15, -0.1) is 0 Å². The van der Waals surface area contributed by atoms with Crippen LogP contribution in [0.25, 0.3) is 0 Å². The van der Waals surface area contributed by atoms with Crippen LogP contribution in [0.1, 0.15) is 57.8 Å². The predicted octanol–water partition coefficient (Wildman–Crippen LogP) is 3.81. The maximum atomic E-state index is 5.58. The number of hydrogen-bond acceptors (Lipinski definition) is 3. The molecule has 1 saturated heterocycles. The molecule has 0 spiro atoms.